The summed E-state index contributed by atoms with van der Waals surface area (Å²) >= 11 is 0. The number of ether oxygens (including phenoxy) is 5. The van der Waals surface area contributed by atoms with Gasteiger partial charge < -0.3 is 28.8 Å². The Labute approximate surface area is 220 Å². The van der Waals surface area contributed by atoms with E-state index < -0.39 is 23.5 Å². The first-order valence-corrected chi connectivity index (χ1v) is 11.9. The highest BCUT2D eigenvalue weighted by Crippen LogP contribution is 2.45. The molecule has 0 saturated carbocycles. The normalized spacial score (nSPS) is 16.3. The molecule has 9 nitrogen and oxygen atoms in total. The number of methoxy groups -OCH3 is 4. The minimum absolute atomic E-state index is 0.106. The summed E-state index contributed by atoms with van der Waals surface area (Å²) in [5, 5.41) is 11.6. The number of Topliss-reactive ketones (excluding diaryl/α,β-unsaturated/α-hetero) is 1. The third-order valence-electron chi connectivity index (χ3n) is 6.26. The lowest BCUT2D eigenvalue weighted by atomic mass is 9.94. The van der Waals surface area contributed by atoms with Gasteiger partial charge in [-0.05, 0) is 67.1 Å². The number of benzene rings is 3. The lowest BCUT2D eigenvalue weighted by Gasteiger charge is -2.26. The maximum Gasteiger partial charge on any atom is 0.300 e. The van der Waals surface area contributed by atoms with Gasteiger partial charge in [0.15, 0.2) is 11.5 Å². The van der Waals surface area contributed by atoms with Gasteiger partial charge in [0.2, 0.25) is 0 Å². The van der Waals surface area contributed by atoms with Crippen molar-refractivity contribution in [1.82, 2.24) is 0 Å². The van der Waals surface area contributed by atoms with E-state index in [0.717, 1.165) is 0 Å². The van der Waals surface area contributed by atoms with Crippen molar-refractivity contribution in [1.29, 1.82) is 0 Å². The Morgan fingerprint density at radius 2 is 1.42 bits per heavy atom. The zero-order valence-corrected chi connectivity index (χ0v) is 21.8. The van der Waals surface area contributed by atoms with Crippen molar-refractivity contribution in [3.63, 3.8) is 0 Å². The number of hydrogen-bond acceptors (Lipinski definition) is 8. The molecule has 1 saturated heterocycles. The van der Waals surface area contributed by atoms with Gasteiger partial charge in [-0.3, -0.25) is 14.5 Å². The summed E-state index contributed by atoms with van der Waals surface area (Å²) in [6.07, 6.45) is 0. The Bertz CT molecular complexity index is 1380. The third-order valence-corrected chi connectivity index (χ3v) is 6.26. The van der Waals surface area contributed by atoms with E-state index in [0.29, 0.717) is 46.6 Å². The van der Waals surface area contributed by atoms with Crippen molar-refractivity contribution >= 4 is 23.1 Å². The van der Waals surface area contributed by atoms with Crippen LogP contribution in [0.3, 0.4) is 0 Å². The number of rotatable bonds is 9. The van der Waals surface area contributed by atoms with Crippen molar-refractivity contribution in [2.75, 3.05) is 39.9 Å². The standard InChI is InChI=1S/C29H29NO8/c1-6-38-24-15-17(7-13-23(24)37-5)26-25(27(31)21-16-20(35-3)12-14-22(21)36-4)28(32)29(33)30(26)18-8-10-19(34-2)11-9-18/h7-16,26,31H,6H2,1-5H3/b27-25+. The Morgan fingerprint density at radius 1 is 0.789 bits per heavy atom. The molecule has 0 aliphatic carbocycles. The summed E-state index contributed by atoms with van der Waals surface area (Å²) in [6, 6.07) is 15.7. The van der Waals surface area contributed by atoms with Crippen LogP contribution in [0.15, 0.2) is 66.2 Å². The van der Waals surface area contributed by atoms with E-state index in [1.165, 1.54) is 33.3 Å². The van der Waals surface area contributed by atoms with Gasteiger partial charge in [0.05, 0.1) is 52.2 Å². The third kappa shape index (κ3) is 4.70. The number of aliphatic hydroxyl groups is 1. The highest BCUT2D eigenvalue weighted by Gasteiger charge is 2.47. The molecule has 3 aromatic carbocycles. The molecule has 4 rings (SSSR count). The first-order valence-electron chi connectivity index (χ1n) is 11.9. The highest BCUT2D eigenvalue weighted by molar-refractivity contribution is 6.51. The maximum absolute atomic E-state index is 13.5. The SMILES string of the molecule is CCOc1cc(C2/C(=C(\O)c3cc(OC)ccc3OC)C(=O)C(=O)N2c2ccc(OC)cc2)ccc1OC. The van der Waals surface area contributed by atoms with Crippen LogP contribution in [0, 0.1) is 0 Å². The second kappa shape index (κ2) is 11.2. The number of carbonyl (C=O) groups is 2. The lowest BCUT2D eigenvalue weighted by molar-refractivity contribution is -0.132. The van der Waals surface area contributed by atoms with Crippen LogP contribution in [-0.2, 0) is 9.59 Å². The number of ketones is 1. The number of anilines is 1. The van der Waals surface area contributed by atoms with Crippen LogP contribution < -0.4 is 28.6 Å². The van der Waals surface area contributed by atoms with Crippen LogP contribution in [0.1, 0.15) is 24.1 Å². The monoisotopic (exact) mass is 519 g/mol. The Morgan fingerprint density at radius 3 is 2.03 bits per heavy atom. The summed E-state index contributed by atoms with van der Waals surface area (Å²) in [6.45, 7) is 2.21. The zero-order chi connectivity index (χ0) is 27.4. The molecule has 1 amide bonds. The van der Waals surface area contributed by atoms with Gasteiger partial charge in [0, 0.05) is 5.69 Å². The van der Waals surface area contributed by atoms with Crippen molar-refractivity contribution < 1.29 is 38.4 Å². The number of nitrogens with zero attached hydrogens (tertiary/aromatic N) is 1. The highest BCUT2D eigenvalue weighted by atomic mass is 16.5. The second-order valence-corrected chi connectivity index (χ2v) is 8.28. The molecular formula is C29H29NO8. The topological polar surface area (TPSA) is 104 Å². The van der Waals surface area contributed by atoms with E-state index in [1.807, 2.05) is 6.92 Å². The van der Waals surface area contributed by atoms with E-state index in [1.54, 1.807) is 60.7 Å². The van der Waals surface area contributed by atoms with E-state index in [9.17, 15) is 14.7 Å². The molecule has 1 fully saturated rings. The molecule has 3 aromatic rings. The zero-order valence-electron chi connectivity index (χ0n) is 21.8. The van der Waals surface area contributed by atoms with Crippen LogP contribution >= 0.6 is 0 Å². The molecular weight excluding hydrogens is 490 g/mol. The molecule has 0 radical (unpaired) electrons. The number of carbonyl (C=O) groups excluding carboxylic acids is 2. The van der Waals surface area contributed by atoms with Crippen molar-refractivity contribution in [3.8, 4) is 28.7 Å². The van der Waals surface area contributed by atoms with E-state index in [2.05, 4.69) is 0 Å². The van der Waals surface area contributed by atoms with Crippen LogP contribution in [0.5, 0.6) is 28.7 Å². The van der Waals surface area contributed by atoms with Crippen molar-refractivity contribution in [2.45, 2.75) is 13.0 Å². The predicted octanol–water partition coefficient (Wildman–Crippen LogP) is 4.75. The summed E-state index contributed by atoms with van der Waals surface area (Å²) in [5.41, 5.74) is 1.09. The molecule has 0 aromatic heterocycles. The molecule has 1 heterocycles. The average molecular weight is 520 g/mol. The summed E-state index contributed by atoms with van der Waals surface area (Å²) in [4.78, 5) is 28.4. The minimum atomic E-state index is -0.982. The van der Waals surface area contributed by atoms with E-state index in [4.69, 9.17) is 23.7 Å². The van der Waals surface area contributed by atoms with E-state index in [-0.39, 0.29) is 11.1 Å². The van der Waals surface area contributed by atoms with Gasteiger partial charge in [0.25, 0.3) is 11.7 Å². The van der Waals surface area contributed by atoms with Crippen LogP contribution in [-0.4, -0.2) is 51.8 Å². The summed E-state index contributed by atoms with van der Waals surface area (Å²) in [5.74, 6) is 0.233. The Kier molecular flexibility index (Phi) is 7.76. The molecule has 1 aliphatic rings. The second-order valence-electron chi connectivity index (χ2n) is 8.28. The van der Waals surface area contributed by atoms with Gasteiger partial charge in [-0.1, -0.05) is 6.07 Å². The first kappa shape index (κ1) is 26.4. The first-order chi connectivity index (χ1) is 18.4. The molecule has 1 N–H and O–H groups in total. The van der Waals surface area contributed by atoms with E-state index >= 15 is 0 Å². The molecule has 1 atom stereocenters. The van der Waals surface area contributed by atoms with Gasteiger partial charge >= 0.3 is 0 Å². The minimum Gasteiger partial charge on any atom is -0.507 e. The summed E-state index contributed by atoms with van der Waals surface area (Å²) < 4.78 is 27.2. The molecule has 1 aliphatic heterocycles. The van der Waals surface area contributed by atoms with Crippen molar-refractivity contribution in [3.05, 3.63) is 77.4 Å². The van der Waals surface area contributed by atoms with Crippen LogP contribution in [0.2, 0.25) is 0 Å². The van der Waals surface area contributed by atoms with Gasteiger partial charge in [-0.25, -0.2) is 0 Å². The molecule has 0 spiro atoms. The lowest BCUT2D eigenvalue weighted by Crippen LogP contribution is -2.29. The smallest absolute Gasteiger partial charge is 0.300 e. The average Bonchev–Trinajstić information content (AvgIpc) is 3.22. The quantitative estimate of drug-likeness (QED) is 0.246. The van der Waals surface area contributed by atoms with Gasteiger partial charge in [0.1, 0.15) is 23.0 Å². The fraction of sp³-hybridized carbons (Fsp3) is 0.241. The fourth-order valence-electron chi connectivity index (χ4n) is 4.43. The molecule has 9 heteroatoms. The van der Waals surface area contributed by atoms with Crippen molar-refractivity contribution in [2.24, 2.45) is 0 Å². The Balaban J connectivity index is 1.99. The fourth-order valence-corrected chi connectivity index (χ4v) is 4.43. The van der Waals surface area contributed by atoms with Crippen LogP contribution in [0.4, 0.5) is 5.69 Å². The molecule has 1 unspecified atom stereocenters. The molecule has 0 bridgehead atoms. The molecule has 38 heavy (non-hydrogen) atoms. The largest absolute Gasteiger partial charge is 0.507 e. The van der Waals surface area contributed by atoms with Gasteiger partial charge in [-0.15, -0.1) is 0 Å². The summed E-state index contributed by atoms with van der Waals surface area (Å²) in [7, 11) is 6.00. The molecule has 198 valence electrons. The Hall–Kier alpha value is -4.66. The van der Waals surface area contributed by atoms with Crippen LogP contribution in [0.25, 0.3) is 5.76 Å². The number of hydrogen-bond donors (Lipinski definition) is 1. The number of amides is 1. The predicted molar refractivity (Wildman–Crippen MR) is 141 cm³/mol. The number of aliphatic hydroxyl groups excluding tert-OH is 1. The van der Waals surface area contributed by atoms with Gasteiger partial charge in [-0.2, -0.15) is 0 Å². The maximum atomic E-state index is 13.5.